The molecule has 0 radical (unpaired) electrons. The van der Waals surface area contributed by atoms with Crippen molar-refractivity contribution >= 4 is 20.6 Å². The smallest absolute Gasteiger partial charge is 0.207 e. The lowest BCUT2D eigenvalue weighted by Crippen LogP contribution is -2.67. The summed E-state index contributed by atoms with van der Waals surface area (Å²) in [6, 6.07) is 42.8. The zero-order chi connectivity index (χ0) is 36.5. The summed E-state index contributed by atoms with van der Waals surface area (Å²) in [5.41, 5.74) is 6.44. The molecule has 4 saturated carbocycles. The number of pyridine rings is 1. The third kappa shape index (κ3) is 4.22. The lowest BCUT2D eigenvalue weighted by Gasteiger charge is -2.70. The van der Waals surface area contributed by atoms with Gasteiger partial charge in [-0.3, -0.25) is 4.98 Å². The highest BCUT2D eigenvalue weighted by molar-refractivity contribution is 7.91. The molecule has 6 nitrogen and oxygen atoms in total. The lowest BCUT2D eigenvalue weighted by molar-refractivity contribution is -0.111. The van der Waals surface area contributed by atoms with Gasteiger partial charge in [-0.1, -0.05) is 91.0 Å². The van der Waals surface area contributed by atoms with E-state index in [1.165, 1.54) is 19.3 Å². The first-order chi connectivity index (χ1) is 26.9. The van der Waals surface area contributed by atoms with E-state index in [9.17, 15) is 8.42 Å². The Morgan fingerprint density at radius 3 is 2.16 bits per heavy atom. The van der Waals surface area contributed by atoms with Crippen LogP contribution in [0.25, 0.3) is 56.2 Å². The predicted octanol–water partition coefficient (Wildman–Crippen LogP) is 10.3. The van der Waals surface area contributed by atoms with E-state index in [0.717, 1.165) is 75.3 Å². The summed E-state index contributed by atoms with van der Waals surface area (Å²) in [6.45, 7) is 0. The van der Waals surface area contributed by atoms with Crippen molar-refractivity contribution < 1.29 is 8.42 Å². The zero-order valence-electron chi connectivity index (χ0n) is 30.3. The molecule has 1 spiro atoms. The molecule has 5 aromatic carbocycles. The van der Waals surface area contributed by atoms with Gasteiger partial charge in [0.1, 0.15) is 5.69 Å². The van der Waals surface area contributed by atoms with E-state index in [-0.39, 0.29) is 10.8 Å². The molecule has 0 amide bonds. The van der Waals surface area contributed by atoms with Crippen LogP contribution in [-0.2, 0) is 20.7 Å². The lowest BCUT2D eigenvalue weighted by atomic mass is 9.33. The van der Waals surface area contributed by atoms with Crippen LogP contribution in [0.3, 0.4) is 0 Å². The molecule has 7 heteroatoms. The van der Waals surface area contributed by atoms with E-state index in [1.54, 1.807) is 6.20 Å². The molecule has 12 rings (SSSR count). The molecule has 2 aromatic heterocycles. The summed E-state index contributed by atoms with van der Waals surface area (Å²) >= 11 is 0. The molecule has 268 valence electrons. The van der Waals surface area contributed by atoms with Crippen molar-refractivity contribution in [2.24, 2.45) is 23.7 Å². The van der Waals surface area contributed by atoms with E-state index in [1.807, 2.05) is 72.8 Å². The van der Waals surface area contributed by atoms with Crippen molar-refractivity contribution in [3.63, 3.8) is 0 Å². The summed E-state index contributed by atoms with van der Waals surface area (Å²) in [7, 11) is -3.73. The predicted molar refractivity (Wildman–Crippen MR) is 214 cm³/mol. The Hall–Kier alpha value is -5.53. The van der Waals surface area contributed by atoms with Crippen molar-refractivity contribution in [3.05, 3.63) is 145 Å². The molecule has 2 bridgehead atoms. The maximum atomic E-state index is 14.8. The van der Waals surface area contributed by atoms with Crippen molar-refractivity contribution in [2.45, 2.75) is 59.1 Å². The van der Waals surface area contributed by atoms with Crippen LogP contribution in [0.5, 0.6) is 0 Å². The first-order valence-electron chi connectivity index (χ1n) is 19.7. The largest absolute Gasteiger partial charge is 0.253 e. The normalized spacial score (nSPS) is 27.6. The Morgan fingerprint density at radius 1 is 0.582 bits per heavy atom. The van der Waals surface area contributed by atoms with Crippen molar-refractivity contribution in [2.75, 3.05) is 0 Å². The van der Waals surface area contributed by atoms with Crippen LogP contribution in [-0.4, -0.2) is 28.4 Å². The Balaban J connectivity index is 1.06. The molecule has 55 heavy (non-hydrogen) atoms. The highest BCUT2D eigenvalue weighted by Crippen LogP contribution is 2.78. The van der Waals surface area contributed by atoms with E-state index in [0.29, 0.717) is 44.8 Å². The Morgan fingerprint density at radius 2 is 1.31 bits per heavy atom. The number of aromatic nitrogens is 4. The fourth-order valence-electron chi connectivity index (χ4n) is 12.2. The maximum absolute atomic E-state index is 14.8. The summed E-state index contributed by atoms with van der Waals surface area (Å²) in [5.74, 6) is 4.45. The van der Waals surface area contributed by atoms with Gasteiger partial charge in [0.2, 0.25) is 9.84 Å². The molecule has 4 aliphatic carbocycles. The molecule has 6 atom stereocenters. The summed E-state index contributed by atoms with van der Waals surface area (Å²) < 4.78 is 29.7. The van der Waals surface area contributed by atoms with Crippen LogP contribution in [0.4, 0.5) is 0 Å². The van der Waals surface area contributed by atoms with Gasteiger partial charge in [0.25, 0.3) is 0 Å². The molecular weight excluding hydrogens is 697 g/mol. The van der Waals surface area contributed by atoms with Crippen LogP contribution >= 0.6 is 0 Å². The molecule has 0 N–H and O–H groups in total. The maximum Gasteiger partial charge on any atom is 0.207 e. The minimum Gasteiger partial charge on any atom is -0.253 e. The minimum atomic E-state index is -3.73. The Kier molecular flexibility index (Phi) is 6.51. The number of benzene rings is 5. The first kappa shape index (κ1) is 31.8. The second-order valence-electron chi connectivity index (χ2n) is 16.7. The Labute approximate surface area is 320 Å². The molecule has 0 saturated heterocycles. The van der Waals surface area contributed by atoms with Gasteiger partial charge in [0, 0.05) is 28.2 Å². The number of sulfone groups is 1. The van der Waals surface area contributed by atoms with Gasteiger partial charge in [-0.05, 0) is 132 Å². The quantitative estimate of drug-likeness (QED) is 0.179. The van der Waals surface area contributed by atoms with Gasteiger partial charge in [-0.25, -0.2) is 23.4 Å². The van der Waals surface area contributed by atoms with Gasteiger partial charge in [-0.15, -0.1) is 0 Å². The van der Waals surface area contributed by atoms with E-state index in [4.69, 9.17) is 15.0 Å². The molecular formula is C48H38N4O2S. The van der Waals surface area contributed by atoms with Crippen molar-refractivity contribution in [1.29, 1.82) is 0 Å². The molecule has 4 fully saturated rings. The third-order valence-electron chi connectivity index (χ3n) is 14.5. The van der Waals surface area contributed by atoms with Gasteiger partial charge in [-0.2, -0.15) is 0 Å². The van der Waals surface area contributed by atoms with E-state index in [2.05, 4.69) is 59.6 Å². The van der Waals surface area contributed by atoms with Crippen LogP contribution in [0.2, 0.25) is 0 Å². The number of hydrogen-bond acceptors (Lipinski definition) is 6. The number of rotatable bonds is 4. The van der Waals surface area contributed by atoms with Crippen LogP contribution in [0.15, 0.2) is 143 Å². The molecule has 1 aliphatic heterocycles. The second-order valence-corrected chi connectivity index (χ2v) is 18.5. The van der Waals surface area contributed by atoms with E-state index >= 15 is 0 Å². The molecule has 4 unspecified atom stereocenters. The first-order valence-corrected chi connectivity index (χ1v) is 21.2. The topological polar surface area (TPSA) is 85.7 Å². The van der Waals surface area contributed by atoms with Crippen molar-refractivity contribution in [1.82, 2.24) is 19.9 Å². The average molecular weight is 735 g/mol. The van der Waals surface area contributed by atoms with Crippen molar-refractivity contribution in [3.8, 4) is 45.4 Å². The average Bonchev–Trinajstić information content (AvgIpc) is 3.34. The molecule has 5 aliphatic rings. The van der Waals surface area contributed by atoms with Crippen LogP contribution in [0, 0.1) is 23.7 Å². The monoisotopic (exact) mass is 734 g/mol. The zero-order valence-corrected chi connectivity index (χ0v) is 31.1. The fourth-order valence-corrected chi connectivity index (χ4v) is 14.0. The SMILES string of the molecule is O=S1(=O)c2ccccc2C23CCC4C[C@H]5C[C@@H](C2)C3(CC45)c2cc(-c3ccc(-c4nc(-c5ccccc5)nc(-c5ccccn5)n4)c4ccccc34)ccc21. The number of fused-ring (bicyclic) bond motifs is 3. The van der Waals surface area contributed by atoms with Crippen LogP contribution in [0.1, 0.15) is 49.7 Å². The Bertz CT molecular complexity index is 2790. The van der Waals surface area contributed by atoms with Crippen LogP contribution < -0.4 is 0 Å². The van der Waals surface area contributed by atoms with Gasteiger partial charge in [0.15, 0.2) is 17.5 Å². The van der Waals surface area contributed by atoms with E-state index < -0.39 is 9.84 Å². The minimum absolute atomic E-state index is 0.153. The summed E-state index contributed by atoms with van der Waals surface area (Å²) in [6.07, 6.45) is 8.81. The summed E-state index contributed by atoms with van der Waals surface area (Å²) in [5, 5.41) is 2.10. The number of hydrogen-bond donors (Lipinski definition) is 0. The second kappa shape index (κ2) is 11.3. The molecule has 7 aromatic rings. The van der Waals surface area contributed by atoms with Gasteiger partial charge >= 0.3 is 0 Å². The number of nitrogens with zero attached hydrogens (tertiary/aromatic N) is 4. The fraction of sp³-hybridized carbons (Fsp3) is 0.250. The standard InChI is InChI=1S/C48H38N4O2S/c53-55(54)42-16-7-6-14-39(42)47-22-21-31-24-32-25-33(27-47)48(47,28-38(31)32)40-26-30(17-20-43(40)55)34-18-19-37(36-13-5-4-12-35(34)36)45-50-44(29-10-2-1-3-11-29)51-46(52-45)41-15-8-9-23-49-41/h1-20,23,26,31-33,38H,21-22,24-25,27-28H2/t31?,32-,33-,38?,47?,48?/m0/s1. The summed E-state index contributed by atoms with van der Waals surface area (Å²) in [4.78, 5) is 20.6. The highest BCUT2D eigenvalue weighted by Gasteiger charge is 2.74. The highest BCUT2D eigenvalue weighted by atomic mass is 32.2. The van der Waals surface area contributed by atoms with Gasteiger partial charge < -0.3 is 0 Å². The molecule has 3 heterocycles. The van der Waals surface area contributed by atoms with Gasteiger partial charge in [0.05, 0.1) is 9.79 Å². The third-order valence-corrected chi connectivity index (χ3v) is 16.4.